The molecule has 1 atom stereocenters. The molecule has 0 fully saturated rings. The highest BCUT2D eigenvalue weighted by atomic mass is 16.4. The second-order valence-electron chi connectivity index (χ2n) is 3.58. The molecule has 0 saturated carbocycles. The topological polar surface area (TPSA) is 78.4 Å². The molecule has 0 aromatic heterocycles. The van der Waals surface area contributed by atoms with E-state index >= 15 is 0 Å². The number of carbonyl (C=O) groups is 2. The summed E-state index contributed by atoms with van der Waals surface area (Å²) in [4.78, 5) is 22.3. The van der Waals surface area contributed by atoms with Gasteiger partial charge in [0.2, 0.25) is 0 Å². The van der Waals surface area contributed by atoms with Crippen molar-refractivity contribution in [1.82, 2.24) is 10.6 Å². The summed E-state index contributed by atoms with van der Waals surface area (Å²) in [6.45, 7) is 2.23. The number of rotatable bonds is 5. The van der Waals surface area contributed by atoms with E-state index in [1.807, 2.05) is 30.3 Å². The van der Waals surface area contributed by atoms with Gasteiger partial charge in [-0.1, -0.05) is 30.3 Å². The van der Waals surface area contributed by atoms with Crippen LogP contribution >= 0.6 is 0 Å². The second-order valence-corrected chi connectivity index (χ2v) is 3.58. The van der Waals surface area contributed by atoms with Gasteiger partial charge in [0.1, 0.15) is 6.04 Å². The number of hydrogen-bond donors (Lipinski definition) is 3. The lowest BCUT2D eigenvalue weighted by Gasteiger charge is -2.14. The minimum Gasteiger partial charge on any atom is -0.480 e. The molecule has 92 valence electrons. The number of nitrogens with one attached hydrogen (secondary N) is 2. The zero-order chi connectivity index (χ0) is 12.7. The van der Waals surface area contributed by atoms with Gasteiger partial charge >= 0.3 is 12.0 Å². The third kappa shape index (κ3) is 4.55. The minimum atomic E-state index is -1.04. The van der Waals surface area contributed by atoms with E-state index in [1.54, 1.807) is 6.92 Å². The van der Waals surface area contributed by atoms with Crippen molar-refractivity contribution in [3.05, 3.63) is 35.9 Å². The van der Waals surface area contributed by atoms with Crippen molar-refractivity contribution >= 4 is 12.0 Å². The zero-order valence-corrected chi connectivity index (χ0v) is 9.64. The van der Waals surface area contributed by atoms with Gasteiger partial charge in [-0.3, -0.25) is 0 Å². The van der Waals surface area contributed by atoms with E-state index < -0.39 is 18.0 Å². The van der Waals surface area contributed by atoms with Crippen molar-refractivity contribution < 1.29 is 14.7 Å². The van der Waals surface area contributed by atoms with Gasteiger partial charge < -0.3 is 15.7 Å². The molecule has 0 saturated heterocycles. The van der Waals surface area contributed by atoms with Gasteiger partial charge in [-0.05, 0) is 12.5 Å². The van der Waals surface area contributed by atoms with Gasteiger partial charge in [0.05, 0.1) is 0 Å². The Morgan fingerprint density at radius 3 is 2.47 bits per heavy atom. The normalized spacial score (nSPS) is 11.6. The second kappa shape index (κ2) is 6.52. The van der Waals surface area contributed by atoms with Crippen LogP contribution in [0.3, 0.4) is 0 Å². The van der Waals surface area contributed by atoms with Crippen LogP contribution in [0.5, 0.6) is 0 Å². The molecular formula is C12H16N2O3. The number of carboxylic acids is 1. The monoisotopic (exact) mass is 236 g/mol. The number of amides is 2. The molecular weight excluding hydrogens is 220 g/mol. The Morgan fingerprint density at radius 1 is 1.29 bits per heavy atom. The first-order valence-corrected chi connectivity index (χ1v) is 5.44. The number of aliphatic carboxylic acids is 1. The molecule has 1 aromatic carbocycles. The summed E-state index contributed by atoms with van der Waals surface area (Å²) in [5, 5.41) is 13.9. The first-order chi connectivity index (χ1) is 8.13. The van der Waals surface area contributed by atoms with E-state index in [9.17, 15) is 9.59 Å². The Hall–Kier alpha value is -2.04. The molecule has 0 aliphatic carbocycles. The van der Waals surface area contributed by atoms with Crippen molar-refractivity contribution in [2.24, 2.45) is 0 Å². The number of carbonyl (C=O) groups excluding carboxylic acids is 1. The van der Waals surface area contributed by atoms with E-state index in [0.717, 1.165) is 5.56 Å². The molecule has 0 spiro atoms. The van der Waals surface area contributed by atoms with Gasteiger partial charge in [0.15, 0.2) is 0 Å². The summed E-state index contributed by atoms with van der Waals surface area (Å²) < 4.78 is 0. The summed E-state index contributed by atoms with van der Waals surface area (Å²) >= 11 is 0. The lowest BCUT2D eigenvalue weighted by atomic mass is 10.1. The van der Waals surface area contributed by atoms with E-state index in [0.29, 0.717) is 6.54 Å². The van der Waals surface area contributed by atoms with Gasteiger partial charge in [0, 0.05) is 13.0 Å². The summed E-state index contributed by atoms with van der Waals surface area (Å²) in [6, 6.07) is 7.81. The van der Waals surface area contributed by atoms with Crippen molar-refractivity contribution in [2.45, 2.75) is 19.4 Å². The van der Waals surface area contributed by atoms with E-state index in [-0.39, 0.29) is 6.42 Å². The van der Waals surface area contributed by atoms with Crippen LogP contribution in [0.15, 0.2) is 30.3 Å². The van der Waals surface area contributed by atoms with Crippen LogP contribution in [0, 0.1) is 0 Å². The minimum absolute atomic E-state index is 0.271. The molecule has 1 unspecified atom stereocenters. The quantitative estimate of drug-likeness (QED) is 0.713. The summed E-state index contributed by atoms with van der Waals surface area (Å²) in [7, 11) is 0. The molecule has 0 bridgehead atoms. The lowest BCUT2D eigenvalue weighted by Crippen LogP contribution is -2.47. The number of urea groups is 1. The zero-order valence-electron chi connectivity index (χ0n) is 9.64. The fourth-order valence-electron chi connectivity index (χ4n) is 1.42. The van der Waals surface area contributed by atoms with Gasteiger partial charge in [-0.25, -0.2) is 9.59 Å². The Morgan fingerprint density at radius 2 is 1.94 bits per heavy atom. The highest BCUT2D eigenvalue weighted by Crippen LogP contribution is 2.03. The van der Waals surface area contributed by atoms with Crippen LogP contribution in [0.1, 0.15) is 12.5 Å². The summed E-state index contributed by atoms with van der Waals surface area (Å²) in [5.74, 6) is -1.04. The fourth-order valence-corrected chi connectivity index (χ4v) is 1.42. The molecule has 17 heavy (non-hydrogen) atoms. The van der Waals surface area contributed by atoms with Gasteiger partial charge in [-0.2, -0.15) is 0 Å². The number of carboxylic acid groups (broad SMARTS) is 1. The molecule has 5 heteroatoms. The Bertz CT molecular complexity index is 379. The molecule has 2 amide bonds. The van der Waals surface area contributed by atoms with Crippen LogP contribution in [0.2, 0.25) is 0 Å². The van der Waals surface area contributed by atoms with Gasteiger partial charge in [0.25, 0.3) is 0 Å². The molecule has 1 aromatic rings. The number of benzene rings is 1. The lowest BCUT2D eigenvalue weighted by molar-refractivity contribution is -0.139. The average molecular weight is 236 g/mol. The maximum absolute atomic E-state index is 11.3. The number of hydrogen-bond acceptors (Lipinski definition) is 2. The van der Waals surface area contributed by atoms with E-state index in [2.05, 4.69) is 10.6 Å². The molecule has 5 nitrogen and oxygen atoms in total. The first kappa shape index (κ1) is 13.0. The van der Waals surface area contributed by atoms with Crippen LogP contribution in [0.4, 0.5) is 4.79 Å². The van der Waals surface area contributed by atoms with E-state index in [1.165, 1.54) is 0 Å². The SMILES string of the molecule is CCNC(=O)NC(Cc1ccccc1)C(=O)O. The van der Waals surface area contributed by atoms with Crippen molar-refractivity contribution in [1.29, 1.82) is 0 Å². The van der Waals surface area contributed by atoms with Crippen molar-refractivity contribution in [3.8, 4) is 0 Å². The third-order valence-electron chi connectivity index (χ3n) is 2.22. The van der Waals surface area contributed by atoms with Crippen molar-refractivity contribution in [3.63, 3.8) is 0 Å². The Labute approximate surface area is 99.8 Å². The Balaban J connectivity index is 2.61. The van der Waals surface area contributed by atoms with Gasteiger partial charge in [-0.15, -0.1) is 0 Å². The molecule has 0 heterocycles. The molecule has 0 radical (unpaired) electrons. The fraction of sp³-hybridized carbons (Fsp3) is 0.333. The molecule has 0 aliphatic rings. The Kier molecular flexibility index (Phi) is 5.00. The summed E-state index contributed by atoms with van der Waals surface area (Å²) in [5.41, 5.74) is 0.872. The predicted molar refractivity (Wildman–Crippen MR) is 63.8 cm³/mol. The average Bonchev–Trinajstić information content (AvgIpc) is 2.29. The predicted octanol–water partition coefficient (Wildman–Crippen LogP) is 1.00. The van der Waals surface area contributed by atoms with Crippen molar-refractivity contribution in [2.75, 3.05) is 6.54 Å². The van der Waals surface area contributed by atoms with Crippen LogP contribution in [-0.2, 0) is 11.2 Å². The standard InChI is InChI=1S/C12H16N2O3/c1-2-13-12(17)14-10(11(15)16)8-9-6-4-3-5-7-9/h3-7,10H,2,8H2,1H3,(H,15,16)(H2,13,14,17). The first-order valence-electron chi connectivity index (χ1n) is 5.44. The smallest absolute Gasteiger partial charge is 0.326 e. The maximum atomic E-state index is 11.3. The molecule has 0 aliphatic heterocycles. The van der Waals surface area contributed by atoms with Crippen LogP contribution in [0.25, 0.3) is 0 Å². The van der Waals surface area contributed by atoms with Crippen LogP contribution < -0.4 is 10.6 Å². The van der Waals surface area contributed by atoms with E-state index in [4.69, 9.17) is 5.11 Å². The largest absolute Gasteiger partial charge is 0.480 e. The third-order valence-corrected chi connectivity index (χ3v) is 2.22. The molecule has 3 N–H and O–H groups in total. The highest BCUT2D eigenvalue weighted by molar-refractivity contribution is 5.82. The maximum Gasteiger partial charge on any atom is 0.326 e. The highest BCUT2D eigenvalue weighted by Gasteiger charge is 2.19. The molecule has 1 rings (SSSR count). The summed E-state index contributed by atoms with van der Waals surface area (Å²) in [6.07, 6.45) is 0.271. The van der Waals surface area contributed by atoms with Crippen LogP contribution in [-0.4, -0.2) is 29.7 Å².